The maximum absolute atomic E-state index is 11.7. The van der Waals surface area contributed by atoms with Gasteiger partial charge in [-0.2, -0.15) is 0 Å². The summed E-state index contributed by atoms with van der Waals surface area (Å²) in [7, 11) is 0. The van der Waals surface area contributed by atoms with Gasteiger partial charge in [-0.25, -0.2) is 0 Å². The van der Waals surface area contributed by atoms with E-state index in [1.807, 2.05) is 0 Å². The molecule has 2 N–H and O–H groups in total. The van der Waals surface area contributed by atoms with E-state index in [1.54, 1.807) is 18.2 Å². The Kier molecular flexibility index (Phi) is 4.59. The van der Waals surface area contributed by atoms with Crippen molar-refractivity contribution in [3.8, 4) is 5.75 Å². The fourth-order valence-corrected chi connectivity index (χ4v) is 1.66. The normalized spacial score (nSPS) is 14.4. The number of amides is 1. The SMILES string of the molecule is O=C(NCCCOCC1CC1)c1cccc(O)c1. The molecule has 0 aromatic heterocycles. The smallest absolute Gasteiger partial charge is 0.251 e. The quantitative estimate of drug-likeness (QED) is 0.726. The molecule has 0 unspecified atom stereocenters. The van der Waals surface area contributed by atoms with E-state index < -0.39 is 0 Å². The lowest BCUT2D eigenvalue weighted by molar-refractivity contribution is 0.0937. The lowest BCUT2D eigenvalue weighted by Gasteiger charge is -2.06. The molecule has 0 radical (unpaired) electrons. The Morgan fingerprint density at radius 1 is 1.44 bits per heavy atom. The Hall–Kier alpha value is -1.55. The zero-order valence-corrected chi connectivity index (χ0v) is 10.4. The number of phenolic OH excluding ortho intramolecular Hbond substituents is 1. The van der Waals surface area contributed by atoms with Gasteiger partial charge in [0, 0.05) is 25.3 Å². The van der Waals surface area contributed by atoms with Gasteiger partial charge in [0.2, 0.25) is 0 Å². The number of carbonyl (C=O) groups is 1. The molecule has 0 bridgehead atoms. The molecule has 4 heteroatoms. The highest BCUT2D eigenvalue weighted by Gasteiger charge is 2.20. The Morgan fingerprint density at radius 3 is 3.00 bits per heavy atom. The largest absolute Gasteiger partial charge is 0.508 e. The molecule has 98 valence electrons. The molecular formula is C14H19NO3. The van der Waals surface area contributed by atoms with Gasteiger partial charge in [-0.15, -0.1) is 0 Å². The monoisotopic (exact) mass is 249 g/mol. The molecule has 4 nitrogen and oxygen atoms in total. The summed E-state index contributed by atoms with van der Waals surface area (Å²) < 4.78 is 5.47. The van der Waals surface area contributed by atoms with E-state index in [0.29, 0.717) is 18.7 Å². The fourth-order valence-electron chi connectivity index (χ4n) is 1.66. The van der Waals surface area contributed by atoms with Crippen molar-refractivity contribution in [2.45, 2.75) is 19.3 Å². The number of hydrogen-bond acceptors (Lipinski definition) is 3. The lowest BCUT2D eigenvalue weighted by atomic mass is 10.2. The van der Waals surface area contributed by atoms with Gasteiger partial charge in [0.05, 0.1) is 0 Å². The van der Waals surface area contributed by atoms with Crippen LogP contribution in [-0.4, -0.2) is 30.8 Å². The first kappa shape index (κ1) is 12.9. The predicted octanol–water partition coefficient (Wildman–Crippen LogP) is 1.94. The average Bonchev–Trinajstić information content (AvgIpc) is 3.17. The molecular weight excluding hydrogens is 230 g/mol. The first-order valence-corrected chi connectivity index (χ1v) is 6.40. The standard InChI is InChI=1S/C14H19NO3/c16-13-4-1-3-12(9-13)14(17)15-7-2-8-18-10-11-5-6-11/h1,3-4,9,11,16H,2,5-8,10H2,(H,15,17). The minimum Gasteiger partial charge on any atom is -0.508 e. The second-order valence-electron chi connectivity index (χ2n) is 4.68. The second-order valence-corrected chi connectivity index (χ2v) is 4.68. The molecule has 0 saturated heterocycles. The van der Waals surface area contributed by atoms with Crippen molar-refractivity contribution in [2.75, 3.05) is 19.8 Å². The number of rotatable bonds is 7. The summed E-state index contributed by atoms with van der Waals surface area (Å²) in [5.74, 6) is 0.732. The van der Waals surface area contributed by atoms with Crippen LogP contribution in [0.25, 0.3) is 0 Å². The van der Waals surface area contributed by atoms with E-state index in [-0.39, 0.29) is 11.7 Å². The first-order chi connectivity index (χ1) is 8.75. The third-order valence-electron chi connectivity index (χ3n) is 2.91. The van der Waals surface area contributed by atoms with Gasteiger partial charge in [-0.05, 0) is 43.4 Å². The van der Waals surface area contributed by atoms with Gasteiger partial charge in [-0.1, -0.05) is 6.07 Å². The molecule has 2 rings (SSSR count). The molecule has 1 amide bonds. The minimum atomic E-state index is -0.159. The third kappa shape index (κ3) is 4.37. The molecule has 0 atom stereocenters. The van der Waals surface area contributed by atoms with Crippen LogP contribution in [0.3, 0.4) is 0 Å². The minimum absolute atomic E-state index is 0.107. The summed E-state index contributed by atoms with van der Waals surface area (Å²) in [6, 6.07) is 6.34. The van der Waals surface area contributed by atoms with Crippen molar-refractivity contribution in [3.05, 3.63) is 29.8 Å². The Bertz CT molecular complexity index is 402. The number of phenols is 1. The molecule has 18 heavy (non-hydrogen) atoms. The number of aromatic hydroxyl groups is 1. The van der Waals surface area contributed by atoms with Crippen molar-refractivity contribution >= 4 is 5.91 Å². The summed E-state index contributed by atoms with van der Waals surface area (Å²) in [6.45, 7) is 2.15. The zero-order valence-electron chi connectivity index (χ0n) is 10.4. The lowest BCUT2D eigenvalue weighted by Crippen LogP contribution is -2.25. The molecule has 1 aliphatic rings. The van der Waals surface area contributed by atoms with Crippen LogP contribution >= 0.6 is 0 Å². The summed E-state index contributed by atoms with van der Waals surface area (Å²) in [5.41, 5.74) is 0.480. The highest BCUT2D eigenvalue weighted by molar-refractivity contribution is 5.94. The third-order valence-corrected chi connectivity index (χ3v) is 2.91. The van der Waals surface area contributed by atoms with Gasteiger partial charge in [0.25, 0.3) is 5.91 Å². The molecule has 0 heterocycles. The Labute approximate surface area is 107 Å². The van der Waals surface area contributed by atoms with E-state index >= 15 is 0 Å². The maximum atomic E-state index is 11.7. The molecule has 0 aliphatic heterocycles. The van der Waals surface area contributed by atoms with Gasteiger partial charge in [0.1, 0.15) is 5.75 Å². The number of ether oxygens (including phenoxy) is 1. The second kappa shape index (κ2) is 6.40. The van der Waals surface area contributed by atoms with Crippen LogP contribution in [0.4, 0.5) is 0 Å². The van der Waals surface area contributed by atoms with E-state index in [2.05, 4.69) is 5.32 Å². The molecule has 0 spiro atoms. The van der Waals surface area contributed by atoms with Crippen LogP contribution < -0.4 is 5.32 Å². The van der Waals surface area contributed by atoms with Crippen molar-refractivity contribution in [1.29, 1.82) is 0 Å². The van der Waals surface area contributed by atoms with Crippen molar-refractivity contribution in [3.63, 3.8) is 0 Å². The topological polar surface area (TPSA) is 58.6 Å². The predicted molar refractivity (Wildman–Crippen MR) is 68.6 cm³/mol. The van der Waals surface area contributed by atoms with Crippen LogP contribution in [0.2, 0.25) is 0 Å². The van der Waals surface area contributed by atoms with E-state index in [1.165, 1.54) is 18.9 Å². The van der Waals surface area contributed by atoms with Gasteiger partial charge in [0.15, 0.2) is 0 Å². The Balaban J connectivity index is 1.59. The molecule has 1 aliphatic carbocycles. The van der Waals surface area contributed by atoms with E-state index in [9.17, 15) is 9.90 Å². The Morgan fingerprint density at radius 2 is 2.28 bits per heavy atom. The molecule has 1 fully saturated rings. The average molecular weight is 249 g/mol. The van der Waals surface area contributed by atoms with Crippen LogP contribution in [0.5, 0.6) is 5.75 Å². The van der Waals surface area contributed by atoms with Crippen LogP contribution in [-0.2, 0) is 4.74 Å². The first-order valence-electron chi connectivity index (χ1n) is 6.40. The summed E-state index contributed by atoms with van der Waals surface area (Å²) >= 11 is 0. The summed E-state index contributed by atoms with van der Waals surface area (Å²) in [4.78, 5) is 11.7. The van der Waals surface area contributed by atoms with Crippen molar-refractivity contribution in [1.82, 2.24) is 5.32 Å². The maximum Gasteiger partial charge on any atom is 0.251 e. The fraction of sp³-hybridized carbons (Fsp3) is 0.500. The van der Waals surface area contributed by atoms with Crippen molar-refractivity contribution < 1.29 is 14.6 Å². The highest BCUT2D eigenvalue weighted by atomic mass is 16.5. The molecule has 1 aromatic rings. The van der Waals surface area contributed by atoms with Gasteiger partial charge < -0.3 is 15.2 Å². The van der Waals surface area contributed by atoms with E-state index in [0.717, 1.165) is 18.9 Å². The number of carbonyl (C=O) groups excluding carboxylic acids is 1. The summed E-state index contributed by atoms with van der Waals surface area (Å²) in [5, 5.41) is 12.1. The number of nitrogens with one attached hydrogen (secondary N) is 1. The highest BCUT2D eigenvalue weighted by Crippen LogP contribution is 2.28. The van der Waals surface area contributed by atoms with Crippen LogP contribution in [0, 0.1) is 5.92 Å². The van der Waals surface area contributed by atoms with Crippen LogP contribution in [0.1, 0.15) is 29.6 Å². The van der Waals surface area contributed by atoms with Gasteiger partial charge >= 0.3 is 0 Å². The van der Waals surface area contributed by atoms with E-state index in [4.69, 9.17) is 4.74 Å². The zero-order chi connectivity index (χ0) is 12.8. The van der Waals surface area contributed by atoms with Crippen molar-refractivity contribution in [2.24, 2.45) is 5.92 Å². The molecule has 1 saturated carbocycles. The number of hydrogen-bond donors (Lipinski definition) is 2. The van der Waals surface area contributed by atoms with Gasteiger partial charge in [-0.3, -0.25) is 4.79 Å². The summed E-state index contributed by atoms with van der Waals surface area (Å²) in [6.07, 6.45) is 3.42. The number of benzene rings is 1. The molecule has 1 aromatic carbocycles. The van der Waals surface area contributed by atoms with Crippen LogP contribution in [0.15, 0.2) is 24.3 Å².